The third-order valence-electron chi connectivity index (χ3n) is 4.34. The molecule has 144 valence electrons. The molecule has 4 rings (SSSR count). The summed E-state index contributed by atoms with van der Waals surface area (Å²) in [5.74, 6) is -1.56. The highest BCUT2D eigenvalue weighted by Gasteiger charge is 2.12. The van der Waals surface area contributed by atoms with E-state index < -0.39 is 17.7 Å². The van der Waals surface area contributed by atoms with Gasteiger partial charge in [0, 0.05) is 27.8 Å². The van der Waals surface area contributed by atoms with Gasteiger partial charge in [0.2, 0.25) is 0 Å². The van der Waals surface area contributed by atoms with Gasteiger partial charge in [0.15, 0.2) is 0 Å². The number of benzene rings is 3. The molecule has 2 amide bonds. The molecule has 0 saturated carbocycles. The third-order valence-corrected chi connectivity index (χ3v) is 5.03. The minimum absolute atomic E-state index is 0.110. The molecule has 0 radical (unpaired) electrons. The Morgan fingerprint density at radius 1 is 0.897 bits per heavy atom. The monoisotopic (exact) mass is 453 g/mol. The summed E-state index contributed by atoms with van der Waals surface area (Å²) >= 11 is 3.56. The van der Waals surface area contributed by atoms with Crippen molar-refractivity contribution in [1.82, 2.24) is 4.98 Å². The van der Waals surface area contributed by atoms with Crippen LogP contribution in [0.4, 0.5) is 25.0 Å². The quantitative estimate of drug-likeness (QED) is 0.367. The van der Waals surface area contributed by atoms with Crippen molar-refractivity contribution in [3.63, 3.8) is 0 Å². The number of hydrogen-bond donors (Lipinski definition) is 2. The predicted molar refractivity (Wildman–Crippen MR) is 114 cm³/mol. The van der Waals surface area contributed by atoms with Gasteiger partial charge in [-0.25, -0.2) is 13.6 Å². The molecular formula is C22H14BrF2N3O. The largest absolute Gasteiger partial charge is 0.323 e. The van der Waals surface area contributed by atoms with Gasteiger partial charge in [0.1, 0.15) is 11.6 Å². The Hall–Kier alpha value is -3.32. The molecule has 7 heteroatoms. The van der Waals surface area contributed by atoms with E-state index in [4.69, 9.17) is 0 Å². The molecular weight excluding hydrogens is 440 g/mol. The smallest absolute Gasteiger partial charge is 0.308 e. The van der Waals surface area contributed by atoms with E-state index in [9.17, 15) is 13.6 Å². The van der Waals surface area contributed by atoms with Crippen molar-refractivity contribution in [3.8, 4) is 11.1 Å². The Labute approximate surface area is 173 Å². The second-order valence-corrected chi connectivity index (χ2v) is 7.13. The summed E-state index contributed by atoms with van der Waals surface area (Å²) in [5.41, 5.74) is 3.09. The maximum Gasteiger partial charge on any atom is 0.323 e. The first-order chi connectivity index (χ1) is 14.0. The lowest BCUT2D eigenvalue weighted by Crippen LogP contribution is -2.20. The van der Waals surface area contributed by atoms with Crippen molar-refractivity contribution in [2.24, 2.45) is 0 Å². The summed E-state index contributed by atoms with van der Waals surface area (Å²) in [6.45, 7) is 0. The molecule has 1 heterocycles. The van der Waals surface area contributed by atoms with Gasteiger partial charge in [0.25, 0.3) is 0 Å². The van der Waals surface area contributed by atoms with Crippen LogP contribution in [0.15, 0.2) is 77.4 Å². The number of urea groups is 1. The van der Waals surface area contributed by atoms with Crippen molar-refractivity contribution >= 4 is 44.2 Å². The number of hydrogen-bond acceptors (Lipinski definition) is 2. The van der Waals surface area contributed by atoms with E-state index in [2.05, 4.69) is 31.5 Å². The highest BCUT2D eigenvalue weighted by Crippen LogP contribution is 2.34. The van der Waals surface area contributed by atoms with Gasteiger partial charge in [0.05, 0.1) is 11.2 Å². The van der Waals surface area contributed by atoms with E-state index in [0.717, 1.165) is 32.6 Å². The van der Waals surface area contributed by atoms with E-state index in [1.807, 2.05) is 42.5 Å². The molecule has 0 bridgehead atoms. The molecule has 0 aliphatic rings. The summed E-state index contributed by atoms with van der Waals surface area (Å²) in [6.07, 6.45) is 1.73. The molecule has 4 aromatic rings. The zero-order valence-corrected chi connectivity index (χ0v) is 16.5. The number of nitrogens with one attached hydrogen (secondary N) is 2. The SMILES string of the molecule is O=C(Nc1ccc(Br)c(-c2ccnc3ccccc23)c1)Nc1ccc(F)cc1F. The Morgan fingerprint density at radius 2 is 1.72 bits per heavy atom. The number of nitrogens with zero attached hydrogens (tertiary/aromatic N) is 1. The Morgan fingerprint density at radius 3 is 2.55 bits per heavy atom. The maximum absolute atomic E-state index is 13.7. The first-order valence-corrected chi connectivity index (χ1v) is 9.47. The number of pyridine rings is 1. The number of para-hydroxylation sites is 1. The summed E-state index contributed by atoms with van der Waals surface area (Å²) in [6, 6.07) is 17.3. The van der Waals surface area contributed by atoms with Crippen LogP contribution in [0, 0.1) is 11.6 Å². The molecule has 0 fully saturated rings. The van der Waals surface area contributed by atoms with Crippen LogP contribution < -0.4 is 10.6 Å². The molecule has 0 saturated heterocycles. The minimum atomic E-state index is -0.847. The number of fused-ring (bicyclic) bond motifs is 1. The molecule has 1 aromatic heterocycles. The number of anilines is 2. The van der Waals surface area contributed by atoms with Crippen LogP contribution in [-0.2, 0) is 0 Å². The summed E-state index contributed by atoms with van der Waals surface area (Å²) in [5, 5.41) is 6.02. The van der Waals surface area contributed by atoms with Crippen molar-refractivity contribution in [2.75, 3.05) is 10.6 Å². The predicted octanol–water partition coefficient (Wildman–Crippen LogP) is 6.59. The molecule has 2 N–H and O–H groups in total. The fraction of sp³-hybridized carbons (Fsp3) is 0. The van der Waals surface area contributed by atoms with E-state index >= 15 is 0 Å². The number of carbonyl (C=O) groups is 1. The van der Waals surface area contributed by atoms with Crippen LogP contribution in [0.1, 0.15) is 0 Å². The molecule has 0 unspecified atom stereocenters. The van der Waals surface area contributed by atoms with Gasteiger partial charge < -0.3 is 10.6 Å². The molecule has 0 aliphatic heterocycles. The van der Waals surface area contributed by atoms with Gasteiger partial charge in [-0.15, -0.1) is 0 Å². The number of carbonyl (C=O) groups excluding carboxylic acids is 1. The lowest BCUT2D eigenvalue weighted by molar-refractivity contribution is 0.262. The molecule has 0 spiro atoms. The Bertz CT molecular complexity index is 1220. The fourth-order valence-corrected chi connectivity index (χ4v) is 3.48. The zero-order chi connectivity index (χ0) is 20.4. The average molecular weight is 454 g/mol. The van der Waals surface area contributed by atoms with Crippen molar-refractivity contribution in [3.05, 3.63) is 89.0 Å². The molecule has 4 nitrogen and oxygen atoms in total. The van der Waals surface area contributed by atoms with Crippen LogP contribution >= 0.6 is 15.9 Å². The maximum atomic E-state index is 13.7. The van der Waals surface area contributed by atoms with Crippen molar-refractivity contribution < 1.29 is 13.6 Å². The molecule has 3 aromatic carbocycles. The van der Waals surface area contributed by atoms with Crippen molar-refractivity contribution in [2.45, 2.75) is 0 Å². The molecule has 0 aliphatic carbocycles. The van der Waals surface area contributed by atoms with Crippen LogP contribution in [0.5, 0.6) is 0 Å². The van der Waals surface area contributed by atoms with Gasteiger partial charge in [-0.2, -0.15) is 0 Å². The lowest BCUT2D eigenvalue weighted by Gasteiger charge is -2.12. The Balaban J connectivity index is 1.62. The lowest BCUT2D eigenvalue weighted by atomic mass is 10.0. The van der Waals surface area contributed by atoms with E-state index in [1.54, 1.807) is 12.3 Å². The first kappa shape index (κ1) is 19.0. The highest BCUT2D eigenvalue weighted by molar-refractivity contribution is 9.10. The number of aromatic nitrogens is 1. The summed E-state index contributed by atoms with van der Waals surface area (Å²) < 4.78 is 27.6. The van der Waals surface area contributed by atoms with Crippen LogP contribution in [0.25, 0.3) is 22.0 Å². The molecule has 0 atom stereocenters. The number of amides is 2. The average Bonchev–Trinajstić information content (AvgIpc) is 2.71. The fourth-order valence-electron chi connectivity index (χ4n) is 3.02. The second-order valence-electron chi connectivity index (χ2n) is 6.27. The first-order valence-electron chi connectivity index (χ1n) is 8.68. The van der Waals surface area contributed by atoms with Crippen LogP contribution in [0.3, 0.4) is 0 Å². The topological polar surface area (TPSA) is 54.0 Å². The minimum Gasteiger partial charge on any atom is -0.308 e. The Kier molecular flexibility index (Phi) is 5.22. The highest BCUT2D eigenvalue weighted by atomic mass is 79.9. The summed E-state index contributed by atoms with van der Waals surface area (Å²) in [7, 11) is 0. The molecule has 29 heavy (non-hydrogen) atoms. The summed E-state index contributed by atoms with van der Waals surface area (Å²) in [4.78, 5) is 16.6. The van der Waals surface area contributed by atoms with Gasteiger partial charge in [-0.05, 0) is 53.6 Å². The number of halogens is 3. The van der Waals surface area contributed by atoms with Gasteiger partial charge >= 0.3 is 6.03 Å². The van der Waals surface area contributed by atoms with Crippen LogP contribution in [-0.4, -0.2) is 11.0 Å². The van der Waals surface area contributed by atoms with E-state index in [-0.39, 0.29) is 5.69 Å². The standard InChI is InChI=1S/C22H14BrF2N3O/c23-18-7-6-14(27-22(29)28-21-8-5-13(24)11-19(21)25)12-17(18)15-9-10-26-20-4-2-1-3-16(15)20/h1-12H,(H2,27,28,29). The third kappa shape index (κ3) is 4.09. The van der Waals surface area contributed by atoms with Crippen LogP contribution in [0.2, 0.25) is 0 Å². The normalized spacial score (nSPS) is 10.7. The van der Waals surface area contributed by atoms with E-state index in [0.29, 0.717) is 11.8 Å². The van der Waals surface area contributed by atoms with Gasteiger partial charge in [-0.1, -0.05) is 34.1 Å². The van der Waals surface area contributed by atoms with E-state index in [1.165, 1.54) is 6.07 Å². The zero-order valence-electron chi connectivity index (χ0n) is 14.9. The van der Waals surface area contributed by atoms with Gasteiger partial charge in [-0.3, -0.25) is 4.98 Å². The number of rotatable bonds is 3. The second kappa shape index (κ2) is 7.97. The van der Waals surface area contributed by atoms with Crippen molar-refractivity contribution in [1.29, 1.82) is 0 Å².